The summed E-state index contributed by atoms with van der Waals surface area (Å²) in [5.74, 6) is 0.618. The molecule has 1 N–H and O–H groups in total. The summed E-state index contributed by atoms with van der Waals surface area (Å²) in [6, 6.07) is 0. The molecule has 0 spiro atoms. The third-order valence-corrected chi connectivity index (χ3v) is 7.05. The second kappa shape index (κ2) is 11.8. The van der Waals surface area contributed by atoms with E-state index in [-0.39, 0.29) is 12.7 Å². The van der Waals surface area contributed by atoms with Crippen molar-refractivity contribution in [2.75, 3.05) is 26.6 Å². The topological polar surface area (TPSA) is 97.3 Å². The fraction of sp³-hybridized carbons (Fsp3) is 1.00. The molecule has 0 saturated heterocycles. The summed E-state index contributed by atoms with van der Waals surface area (Å²) in [7, 11) is 2.47. The molecule has 22 heavy (non-hydrogen) atoms. The zero-order chi connectivity index (χ0) is 17.2. The summed E-state index contributed by atoms with van der Waals surface area (Å²) in [5, 5.41) is 9.80. The van der Waals surface area contributed by atoms with Crippen LogP contribution in [-0.4, -0.2) is 43.2 Å². The van der Waals surface area contributed by atoms with Gasteiger partial charge in [-0.1, -0.05) is 11.8 Å². The van der Waals surface area contributed by atoms with Gasteiger partial charge in [-0.15, -0.1) is 11.8 Å². The zero-order valence-corrected chi connectivity index (χ0v) is 16.9. The van der Waals surface area contributed by atoms with Gasteiger partial charge in [0.2, 0.25) is 0 Å². The van der Waals surface area contributed by atoms with E-state index in [4.69, 9.17) is 9.05 Å². The molecule has 0 aromatic carbocycles. The molecule has 0 fully saturated rings. The molecule has 0 aliphatic carbocycles. The second-order valence-electron chi connectivity index (χ2n) is 4.27. The van der Waals surface area contributed by atoms with E-state index >= 15 is 0 Å². The summed E-state index contributed by atoms with van der Waals surface area (Å²) in [4.78, 5) is 11.3. The molecule has 0 aromatic heterocycles. The van der Waals surface area contributed by atoms with E-state index in [0.29, 0.717) is 25.0 Å². The summed E-state index contributed by atoms with van der Waals surface area (Å²) in [6.45, 7) is -4.82. The largest absolute Gasteiger partial charge is 0.780 e. The highest BCUT2D eigenvalue weighted by Gasteiger charge is 2.13. The summed E-state index contributed by atoms with van der Waals surface area (Å²) < 4.78 is 30.5. The van der Waals surface area contributed by atoms with Crippen LogP contribution < -0.4 is 4.89 Å². The van der Waals surface area contributed by atoms with Crippen molar-refractivity contribution in [3.63, 3.8) is 0 Å². The second-order valence-corrected chi connectivity index (χ2v) is 11.2. The van der Waals surface area contributed by atoms with Crippen LogP contribution in [-0.2, 0) is 46.7 Å². The predicted molar refractivity (Wildman–Crippen MR) is 92.1 cm³/mol. The van der Waals surface area contributed by atoms with Gasteiger partial charge in [-0.25, -0.2) is 0 Å². The van der Waals surface area contributed by atoms with Crippen LogP contribution in [0.4, 0.5) is 0 Å². The number of aliphatic hydroxyl groups is 1. The van der Waals surface area contributed by atoms with Gasteiger partial charge in [-0.3, -0.25) is 4.57 Å². The molecule has 0 bridgehead atoms. The van der Waals surface area contributed by atoms with Gasteiger partial charge in [0.15, 0.2) is 6.80 Å². The van der Waals surface area contributed by atoms with Gasteiger partial charge in [0.25, 0.3) is 0 Å². The van der Waals surface area contributed by atoms with Crippen molar-refractivity contribution in [2.24, 2.45) is 0 Å². The van der Waals surface area contributed by atoms with Crippen molar-refractivity contribution < 1.29 is 32.7 Å². The normalized spacial score (nSPS) is 20.1. The fourth-order valence-electron chi connectivity index (χ4n) is 1.28. The predicted octanol–water partition coefficient (Wildman–Crippen LogP) is 2.16. The minimum absolute atomic E-state index is 0.209. The molecule has 134 valence electrons. The average Bonchev–Trinajstić information content (AvgIpc) is 2.44. The van der Waals surface area contributed by atoms with Crippen molar-refractivity contribution in [2.45, 2.75) is 37.7 Å². The van der Waals surface area contributed by atoms with Crippen LogP contribution >= 0.6 is 25.3 Å². The van der Waals surface area contributed by atoms with E-state index in [1.165, 1.54) is 26.0 Å². The molecule has 0 saturated carbocycles. The molecule has 0 aromatic rings. The molecule has 0 rings (SSSR count). The highest BCUT2D eigenvalue weighted by atomic mass is 32.7. The monoisotopic (exact) mass is 412 g/mol. The van der Waals surface area contributed by atoms with Crippen molar-refractivity contribution in [1.82, 2.24) is 0 Å². The molecule has 0 radical (unpaired) electrons. The van der Waals surface area contributed by atoms with Gasteiger partial charge in [0.1, 0.15) is 6.72 Å². The Hall–Kier alpha value is 1.34. The maximum atomic E-state index is 11.4. The maximum Gasteiger partial charge on any atom is 0.199 e. The first-order chi connectivity index (χ1) is 10.1. The first-order valence-electron chi connectivity index (χ1n) is 6.48. The molecule has 7 nitrogen and oxygen atoms in total. The minimum atomic E-state index is -3.41. The maximum absolute atomic E-state index is 11.4. The van der Waals surface area contributed by atoms with Gasteiger partial charge < -0.3 is 40.3 Å². The van der Waals surface area contributed by atoms with Crippen LogP contribution in [0.25, 0.3) is 0 Å². The molecular weight excluding hydrogens is 390 g/mol. The van der Waals surface area contributed by atoms with E-state index in [1.54, 1.807) is 6.92 Å². The van der Waals surface area contributed by atoms with E-state index in [0.717, 1.165) is 0 Å². The van der Waals surface area contributed by atoms with Gasteiger partial charge >= 0.3 is 0 Å². The zero-order valence-electron chi connectivity index (χ0n) is 12.7. The smallest absolute Gasteiger partial charge is 0.199 e. The molecule has 0 aliphatic heterocycles. The summed E-state index contributed by atoms with van der Waals surface area (Å²) >= 11 is 10.5. The summed E-state index contributed by atoms with van der Waals surface area (Å²) in [6.07, 6.45) is 1.18. The van der Waals surface area contributed by atoms with Crippen LogP contribution in [0.3, 0.4) is 0 Å². The van der Waals surface area contributed by atoms with Crippen molar-refractivity contribution in [1.29, 1.82) is 0 Å². The SMILES string of the molecule is COP(=O)([S-])OC(C)CCC(O)SCCCOP([O-])(=S)OC. The average molecular weight is 412 g/mol. The summed E-state index contributed by atoms with van der Waals surface area (Å²) in [5.41, 5.74) is -0.587. The van der Waals surface area contributed by atoms with E-state index in [2.05, 4.69) is 33.1 Å². The van der Waals surface area contributed by atoms with Crippen molar-refractivity contribution in [3.8, 4) is 0 Å². The van der Waals surface area contributed by atoms with Gasteiger partial charge in [0, 0.05) is 14.2 Å². The number of rotatable bonds is 13. The third kappa shape index (κ3) is 12.7. The van der Waals surface area contributed by atoms with Crippen LogP contribution in [0.2, 0.25) is 0 Å². The molecule has 12 heteroatoms. The van der Waals surface area contributed by atoms with E-state index < -0.39 is 19.0 Å². The number of hydrogen-bond acceptors (Lipinski definition) is 10. The molecular formula is C10H22O7P2S3-2. The van der Waals surface area contributed by atoms with Gasteiger partial charge in [-0.2, -0.15) is 0 Å². The molecule has 4 atom stereocenters. The number of hydrogen-bond donors (Lipinski definition) is 1. The lowest BCUT2D eigenvalue weighted by Gasteiger charge is -2.26. The van der Waals surface area contributed by atoms with Crippen LogP contribution in [0, 0.1) is 0 Å². The van der Waals surface area contributed by atoms with Crippen molar-refractivity contribution in [3.05, 3.63) is 0 Å². The first kappa shape index (κ1) is 23.3. The Balaban J connectivity index is 3.72. The van der Waals surface area contributed by atoms with Crippen LogP contribution in [0.15, 0.2) is 0 Å². The fourth-order valence-corrected chi connectivity index (χ4v) is 3.90. The Bertz CT molecular complexity index is 399. The number of thioether (sulfide) groups is 1. The molecule has 4 unspecified atom stereocenters. The molecule has 0 heterocycles. The lowest BCUT2D eigenvalue weighted by atomic mass is 10.2. The quantitative estimate of drug-likeness (QED) is 0.210. The highest BCUT2D eigenvalue weighted by molar-refractivity contribution is 8.32. The number of aliphatic hydroxyl groups excluding tert-OH is 1. The Morgan fingerprint density at radius 3 is 2.55 bits per heavy atom. The van der Waals surface area contributed by atoms with Crippen molar-refractivity contribution >= 4 is 49.3 Å². The molecule has 0 amide bonds. The third-order valence-electron chi connectivity index (χ3n) is 2.42. The Morgan fingerprint density at radius 2 is 2.00 bits per heavy atom. The van der Waals surface area contributed by atoms with Gasteiger partial charge in [-0.05, 0) is 31.9 Å². The molecule has 0 aliphatic rings. The van der Waals surface area contributed by atoms with E-state index in [1.807, 2.05) is 0 Å². The minimum Gasteiger partial charge on any atom is -0.780 e. The standard InChI is InChI=1S/C10H24O7P2S3/c1-9(17-19(13,21)15-3)5-6-10(11)22-8-4-7-16-18(12,20)14-2/h9-11H,4-8H2,1-3H3,(H,12,20)(H,13,21)/p-2. The highest BCUT2D eigenvalue weighted by Crippen LogP contribution is 2.46. The van der Waals surface area contributed by atoms with Crippen LogP contribution in [0.1, 0.15) is 26.2 Å². The Kier molecular flexibility index (Phi) is 12.5. The lowest BCUT2D eigenvalue weighted by Crippen LogP contribution is -2.12. The lowest BCUT2D eigenvalue weighted by molar-refractivity contribution is -0.204. The van der Waals surface area contributed by atoms with Crippen LogP contribution in [0.5, 0.6) is 0 Å². The van der Waals surface area contributed by atoms with E-state index in [9.17, 15) is 14.6 Å². The Labute approximate surface area is 146 Å². The Morgan fingerprint density at radius 1 is 1.36 bits per heavy atom. The van der Waals surface area contributed by atoms with Gasteiger partial charge in [0.05, 0.1) is 18.1 Å². The first-order valence-corrected chi connectivity index (χ1v) is 12.6.